The van der Waals surface area contributed by atoms with Gasteiger partial charge in [0, 0.05) is 10.6 Å². The summed E-state index contributed by atoms with van der Waals surface area (Å²) in [6.07, 6.45) is 3.01. The van der Waals surface area contributed by atoms with Gasteiger partial charge in [-0.3, -0.25) is 9.36 Å². The Balaban J connectivity index is 1.54. The zero-order valence-electron chi connectivity index (χ0n) is 24.9. The third kappa shape index (κ3) is 6.87. The van der Waals surface area contributed by atoms with Crippen LogP contribution in [0.4, 0.5) is 0 Å². The normalized spacial score (nSPS) is 14.5. The highest BCUT2D eigenvalue weighted by atomic mass is 35.5. The van der Waals surface area contributed by atoms with E-state index >= 15 is 0 Å². The van der Waals surface area contributed by atoms with E-state index in [9.17, 15) is 19.5 Å². The molecular weight excluding hydrogens is 616 g/mol. The van der Waals surface area contributed by atoms with Gasteiger partial charge in [0.1, 0.15) is 24.1 Å². The Morgan fingerprint density at radius 3 is 2.56 bits per heavy atom. The lowest BCUT2D eigenvalue weighted by Gasteiger charge is -2.27. The Labute approximate surface area is 268 Å². The number of carbonyl (C=O) groups excluding carboxylic acids is 1. The fourth-order valence-corrected chi connectivity index (χ4v) is 6.31. The number of esters is 1. The molecule has 0 fully saturated rings. The predicted octanol–water partition coefficient (Wildman–Crippen LogP) is 5.52. The van der Waals surface area contributed by atoms with Crippen molar-refractivity contribution in [3.63, 3.8) is 0 Å². The van der Waals surface area contributed by atoms with Crippen LogP contribution in [0.15, 0.2) is 87.8 Å². The van der Waals surface area contributed by atoms with Crippen LogP contribution in [0.3, 0.4) is 0 Å². The summed E-state index contributed by atoms with van der Waals surface area (Å²) in [5.41, 5.74) is 2.77. The van der Waals surface area contributed by atoms with Gasteiger partial charge in [0.2, 0.25) is 0 Å². The molecule has 0 amide bonds. The first-order valence-corrected chi connectivity index (χ1v) is 15.5. The van der Waals surface area contributed by atoms with Crippen LogP contribution in [0, 0.1) is 0 Å². The summed E-state index contributed by atoms with van der Waals surface area (Å²) in [6.45, 7) is 4.10. The highest BCUT2D eigenvalue weighted by Crippen LogP contribution is 2.38. The molecule has 0 unspecified atom stereocenters. The Bertz CT molecular complexity index is 1960. The molecule has 9 nitrogen and oxygen atoms in total. The van der Waals surface area contributed by atoms with Crippen LogP contribution in [-0.4, -0.2) is 35.3 Å². The molecule has 0 radical (unpaired) electrons. The van der Waals surface area contributed by atoms with Gasteiger partial charge in [-0.15, -0.1) is 0 Å². The highest BCUT2D eigenvalue weighted by molar-refractivity contribution is 7.07. The number of carboxylic acids is 1. The van der Waals surface area contributed by atoms with Gasteiger partial charge in [-0.05, 0) is 73.0 Å². The number of fused-ring (bicyclic) bond motifs is 1. The van der Waals surface area contributed by atoms with Gasteiger partial charge < -0.3 is 19.3 Å². The fourth-order valence-electron chi connectivity index (χ4n) is 5.11. The van der Waals surface area contributed by atoms with Crippen LogP contribution in [0.1, 0.15) is 59.8 Å². The maximum absolute atomic E-state index is 14.0. The van der Waals surface area contributed by atoms with Crippen molar-refractivity contribution in [3.05, 3.63) is 125 Å². The van der Waals surface area contributed by atoms with Crippen LogP contribution in [-0.2, 0) is 16.1 Å². The Morgan fingerprint density at radius 1 is 1.09 bits per heavy atom. The molecule has 4 aromatic rings. The number of allylic oxidation sites excluding steroid dienone is 1. The third-order valence-electron chi connectivity index (χ3n) is 7.14. The number of nitrogens with zero attached hydrogens (tertiary/aromatic N) is 2. The number of carbonyl (C=O) groups is 2. The predicted molar refractivity (Wildman–Crippen MR) is 172 cm³/mol. The molecule has 2 heterocycles. The summed E-state index contributed by atoms with van der Waals surface area (Å²) in [7, 11) is 1.53. The first-order chi connectivity index (χ1) is 21.7. The maximum Gasteiger partial charge on any atom is 0.338 e. The standard InChI is InChI=1S/C34H31ClN2O7S/c1-4-7-26-29(33(41)43-5-2)30(25-18-23(35)12-15-27(25)42-3)37-31(38)28(45-34(37)36-26)17-20-10-13-24(14-11-20)44-19-21-8-6-9-22(16-21)32(39)40/h6,8-18,30H,4-5,7,19H2,1-3H3,(H,39,40)/b28-17+/t30-/m0/s1. The molecule has 0 spiro atoms. The van der Waals surface area contributed by atoms with Crippen molar-refractivity contribution in [3.8, 4) is 11.5 Å². The first kappa shape index (κ1) is 31.7. The average Bonchev–Trinajstić information content (AvgIpc) is 3.34. The summed E-state index contributed by atoms with van der Waals surface area (Å²) < 4.78 is 18.9. The first-order valence-electron chi connectivity index (χ1n) is 14.3. The topological polar surface area (TPSA) is 116 Å². The van der Waals surface area contributed by atoms with Crippen LogP contribution in [0.25, 0.3) is 6.08 Å². The van der Waals surface area contributed by atoms with Gasteiger partial charge in [-0.1, -0.05) is 60.5 Å². The van der Waals surface area contributed by atoms with Gasteiger partial charge >= 0.3 is 11.9 Å². The number of aromatic nitrogens is 1. The smallest absolute Gasteiger partial charge is 0.338 e. The lowest BCUT2D eigenvalue weighted by atomic mass is 9.93. The van der Waals surface area contributed by atoms with Gasteiger partial charge in [0.05, 0.1) is 35.1 Å². The van der Waals surface area contributed by atoms with E-state index < -0.39 is 18.0 Å². The second kappa shape index (κ2) is 14.0. The second-order valence-corrected chi connectivity index (χ2v) is 11.6. The zero-order chi connectivity index (χ0) is 32.1. The number of hydrogen-bond donors (Lipinski definition) is 1. The third-order valence-corrected chi connectivity index (χ3v) is 8.35. The minimum Gasteiger partial charge on any atom is -0.496 e. The summed E-state index contributed by atoms with van der Waals surface area (Å²) in [5.74, 6) is -0.478. The molecule has 11 heteroatoms. The van der Waals surface area contributed by atoms with E-state index in [0.29, 0.717) is 43.5 Å². The average molecular weight is 647 g/mol. The van der Waals surface area contributed by atoms with Crippen molar-refractivity contribution in [1.82, 2.24) is 4.57 Å². The van der Waals surface area contributed by atoms with E-state index in [2.05, 4.69) is 0 Å². The number of thiazole rings is 1. The number of halogens is 1. The van der Waals surface area contributed by atoms with Gasteiger partial charge in [0.25, 0.3) is 5.56 Å². The van der Waals surface area contributed by atoms with Crippen LogP contribution >= 0.6 is 22.9 Å². The van der Waals surface area contributed by atoms with Crippen LogP contribution in [0.2, 0.25) is 5.02 Å². The minimum absolute atomic E-state index is 0.167. The number of hydrogen-bond acceptors (Lipinski definition) is 8. The second-order valence-electron chi connectivity index (χ2n) is 10.2. The van der Waals surface area contributed by atoms with Crippen molar-refractivity contribution >= 4 is 41.0 Å². The SMILES string of the molecule is CCCC1=C(C(=O)OCC)[C@H](c2cc(Cl)ccc2OC)n2c(s/c(=C/c3ccc(OCc4cccc(C(=O)O)c4)cc3)c2=O)=N1. The van der Waals surface area contributed by atoms with E-state index in [0.717, 1.165) is 17.5 Å². The van der Waals surface area contributed by atoms with E-state index in [1.54, 1.807) is 61.5 Å². The number of methoxy groups -OCH3 is 1. The molecule has 45 heavy (non-hydrogen) atoms. The van der Waals surface area contributed by atoms with Crippen molar-refractivity contribution < 1.29 is 28.9 Å². The van der Waals surface area contributed by atoms with Crippen LogP contribution < -0.4 is 24.4 Å². The summed E-state index contributed by atoms with van der Waals surface area (Å²) >= 11 is 7.65. The molecule has 0 bridgehead atoms. The maximum atomic E-state index is 14.0. The molecule has 232 valence electrons. The van der Waals surface area contributed by atoms with Crippen molar-refractivity contribution in [1.29, 1.82) is 0 Å². The lowest BCUT2D eigenvalue weighted by molar-refractivity contribution is -0.139. The van der Waals surface area contributed by atoms with E-state index in [1.807, 2.05) is 19.1 Å². The molecule has 0 saturated carbocycles. The number of benzene rings is 3. The van der Waals surface area contributed by atoms with Crippen LogP contribution in [0.5, 0.6) is 11.5 Å². The Kier molecular flexibility index (Phi) is 9.85. The van der Waals surface area contributed by atoms with Crippen molar-refractivity contribution in [2.75, 3.05) is 13.7 Å². The number of rotatable bonds is 11. The van der Waals surface area contributed by atoms with E-state index in [4.69, 9.17) is 30.8 Å². The number of aromatic carboxylic acids is 1. The quantitative estimate of drug-likeness (QED) is 0.213. The minimum atomic E-state index is -0.997. The highest BCUT2D eigenvalue weighted by Gasteiger charge is 2.36. The summed E-state index contributed by atoms with van der Waals surface area (Å²) in [4.78, 5) is 44.0. The molecule has 1 aliphatic rings. The molecule has 1 atom stereocenters. The monoisotopic (exact) mass is 646 g/mol. The zero-order valence-corrected chi connectivity index (χ0v) is 26.5. The molecule has 1 aromatic heterocycles. The van der Waals surface area contributed by atoms with E-state index in [-0.39, 0.29) is 29.9 Å². The summed E-state index contributed by atoms with van der Waals surface area (Å²) in [5, 5.41) is 9.65. The summed E-state index contributed by atoms with van der Waals surface area (Å²) in [6, 6.07) is 18.0. The van der Waals surface area contributed by atoms with Gasteiger partial charge in [0.15, 0.2) is 4.80 Å². The molecule has 1 aliphatic heterocycles. The Hall–Kier alpha value is -4.67. The van der Waals surface area contributed by atoms with Crippen molar-refractivity contribution in [2.24, 2.45) is 4.99 Å². The number of ether oxygens (including phenoxy) is 3. The van der Waals surface area contributed by atoms with Gasteiger partial charge in [-0.2, -0.15) is 0 Å². The largest absolute Gasteiger partial charge is 0.496 e. The fraction of sp³-hybridized carbons (Fsp3) is 0.235. The molecule has 0 aliphatic carbocycles. The van der Waals surface area contributed by atoms with E-state index in [1.165, 1.54) is 29.1 Å². The molecule has 0 saturated heterocycles. The lowest BCUT2D eigenvalue weighted by Crippen LogP contribution is -2.40. The van der Waals surface area contributed by atoms with Crippen molar-refractivity contribution in [2.45, 2.75) is 39.3 Å². The molecule has 1 N–H and O–H groups in total. The Morgan fingerprint density at radius 2 is 1.87 bits per heavy atom. The number of carboxylic acid groups (broad SMARTS) is 1. The molecule has 3 aromatic carbocycles. The molecule has 5 rings (SSSR count). The van der Waals surface area contributed by atoms with Gasteiger partial charge in [-0.25, -0.2) is 14.6 Å². The molecular formula is C34H31ClN2O7S.